The molecule has 21 heavy (non-hydrogen) atoms. The maximum atomic E-state index is 6.16. The van der Waals surface area contributed by atoms with Crippen LogP contribution in [0.4, 0.5) is 0 Å². The molecule has 4 nitrogen and oxygen atoms in total. The third kappa shape index (κ3) is 4.90. The van der Waals surface area contributed by atoms with Crippen molar-refractivity contribution in [2.75, 3.05) is 32.8 Å². The van der Waals surface area contributed by atoms with Crippen LogP contribution in [-0.4, -0.2) is 38.8 Å². The van der Waals surface area contributed by atoms with Gasteiger partial charge >= 0.3 is 0 Å². The van der Waals surface area contributed by atoms with Crippen molar-refractivity contribution >= 4 is 17.6 Å². The van der Waals surface area contributed by atoms with E-state index in [1.807, 2.05) is 18.2 Å². The Morgan fingerprint density at radius 3 is 2.71 bits per heavy atom. The third-order valence-corrected chi connectivity index (χ3v) is 3.88. The van der Waals surface area contributed by atoms with Gasteiger partial charge in [-0.05, 0) is 25.0 Å². The number of benzene rings is 1. The predicted molar refractivity (Wildman–Crippen MR) is 88.1 cm³/mol. The lowest BCUT2D eigenvalue weighted by Crippen LogP contribution is -2.44. The first kappa shape index (κ1) is 16.1. The van der Waals surface area contributed by atoms with Crippen LogP contribution in [0.2, 0.25) is 5.02 Å². The molecule has 116 valence electrons. The van der Waals surface area contributed by atoms with Crippen molar-refractivity contribution in [2.24, 2.45) is 10.4 Å². The minimum atomic E-state index is 0.199. The number of nitrogens with zero attached hydrogens (tertiary/aromatic N) is 1. The normalized spacial score (nSPS) is 17.2. The quantitative estimate of drug-likeness (QED) is 0.627. The topological polar surface area (TPSA) is 45.7 Å². The molecule has 0 bridgehead atoms. The summed E-state index contributed by atoms with van der Waals surface area (Å²) in [6.45, 7) is 8.32. The summed E-state index contributed by atoms with van der Waals surface area (Å²) in [6.07, 6.45) is 0.879. The second kappa shape index (κ2) is 7.66. The van der Waals surface area contributed by atoms with E-state index in [2.05, 4.69) is 35.5 Å². The van der Waals surface area contributed by atoms with Gasteiger partial charge < -0.3 is 15.4 Å². The number of rotatable bonds is 6. The van der Waals surface area contributed by atoms with Gasteiger partial charge in [0.25, 0.3) is 0 Å². The standard InChI is InChI=1S/C16H24ClN3O/c1-3-18-15(20-10-16(2)11-21-12-16)19-9-8-13-6-4-5-7-14(13)17/h4-7H,3,8-12H2,1-2H3,(H2,18,19,20). The summed E-state index contributed by atoms with van der Waals surface area (Å²) in [7, 11) is 0. The van der Waals surface area contributed by atoms with Gasteiger partial charge in [0.15, 0.2) is 5.96 Å². The van der Waals surface area contributed by atoms with E-state index in [4.69, 9.17) is 16.3 Å². The maximum Gasteiger partial charge on any atom is 0.191 e. The lowest BCUT2D eigenvalue weighted by atomic mass is 9.89. The molecule has 1 aromatic rings. The van der Waals surface area contributed by atoms with Crippen molar-refractivity contribution in [1.29, 1.82) is 0 Å². The van der Waals surface area contributed by atoms with Crippen LogP contribution in [0.5, 0.6) is 0 Å². The van der Waals surface area contributed by atoms with Gasteiger partial charge in [-0.15, -0.1) is 0 Å². The molecule has 0 saturated carbocycles. The van der Waals surface area contributed by atoms with Crippen LogP contribution in [0.25, 0.3) is 0 Å². The number of guanidine groups is 1. The van der Waals surface area contributed by atoms with Gasteiger partial charge in [-0.1, -0.05) is 36.7 Å². The van der Waals surface area contributed by atoms with Gasteiger partial charge in [0.1, 0.15) is 0 Å². The highest BCUT2D eigenvalue weighted by Crippen LogP contribution is 2.26. The first-order valence-corrected chi connectivity index (χ1v) is 7.84. The van der Waals surface area contributed by atoms with E-state index in [9.17, 15) is 0 Å². The molecule has 0 spiro atoms. The van der Waals surface area contributed by atoms with Crippen molar-refractivity contribution in [3.05, 3.63) is 34.9 Å². The summed E-state index contributed by atoms with van der Waals surface area (Å²) in [4.78, 5) is 4.64. The second-order valence-corrected chi connectivity index (χ2v) is 6.17. The molecule has 0 radical (unpaired) electrons. The van der Waals surface area contributed by atoms with Crippen LogP contribution in [0.15, 0.2) is 29.3 Å². The fourth-order valence-electron chi connectivity index (χ4n) is 2.17. The smallest absolute Gasteiger partial charge is 0.191 e. The third-order valence-electron chi connectivity index (χ3n) is 3.51. The van der Waals surface area contributed by atoms with Gasteiger partial charge in [-0.3, -0.25) is 4.99 Å². The number of hydrogen-bond acceptors (Lipinski definition) is 2. The largest absolute Gasteiger partial charge is 0.380 e. The highest BCUT2D eigenvalue weighted by molar-refractivity contribution is 6.31. The summed E-state index contributed by atoms with van der Waals surface area (Å²) >= 11 is 6.16. The van der Waals surface area contributed by atoms with Crippen LogP contribution < -0.4 is 10.6 Å². The molecule has 0 amide bonds. The molecule has 0 aliphatic carbocycles. The Hall–Kier alpha value is -1.26. The predicted octanol–water partition coefficient (Wildman–Crippen LogP) is 2.47. The summed E-state index contributed by atoms with van der Waals surface area (Å²) in [6, 6.07) is 7.94. The SMILES string of the molecule is CCNC(=NCC1(C)COC1)NCCc1ccccc1Cl. The van der Waals surface area contributed by atoms with Crippen molar-refractivity contribution in [2.45, 2.75) is 20.3 Å². The molecule has 1 heterocycles. The van der Waals surface area contributed by atoms with Gasteiger partial charge in [-0.2, -0.15) is 0 Å². The Kier molecular flexibility index (Phi) is 5.88. The number of ether oxygens (including phenoxy) is 1. The first-order chi connectivity index (χ1) is 10.1. The molecule has 0 aromatic heterocycles. The molecule has 5 heteroatoms. The molecule has 1 saturated heterocycles. The zero-order chi connectivity index (χ0) is 15.1. The van der Waals surface area contributed by atoms with Crippen molar-refractivity contribution in [3.63, 3.8) is 0 Å². The number of aliphatic imine (C=N–C) groups is 1. The zero-order valence-corrected chi connectivity index (χ0v) is 13.5. The van der Waals surface area contributed by atoms with Crippen LogP contribution in [-0.2, 0) is 11.2 Å². The molecule has 2 N–H and O–H groups in total. The molecular formula is C16H24ClN3O. The Morgan fingerprint density at radius 1 is 1.33 bits per heavy atom. The van der Waals surface area contributed by atoms with Crippen LogP contribution in [0.1, 0.15) is 19.4 Å². The molecule has 1 aromatic carbocycles. The van der Waals surface area contributed by atoms with Crippen LogP contribution in [0.3, 0.4) is 0 Å². The first-order valence-electron chi connectivity index (χ1n) is 7.46. The van der Waals surface area contributed by atoms with E-state index in [-0.39, 0.29) is 5.41 Å². The average molecular weight is 310 g/mol. The van der Waals surface area contributed by atoms with E-state index in [0.717, 1.165) is 55.8 Å². The second-order valence-electron chi connectivity index (χ2n) is 5.77. The minimum Gasteiger partial charge on any atom is -0.380 e. The van der Waals surface area contributed by atoms with Gasteiger partial charge in [0.05, 0.1) is 19.8 Å². The Morgan fingerprint density at radius 2 is 2.10 bits per heavy atom. The van der Waals surface area contributed by atoms with Gasteiger partial charge in [0, 0.05) is 23.5 Å². The lowest BCUT2D eigenvalue weighted by Gasteiger charge is -2.36. The van der Waals surface area contributed by atoms with E-state index in [1.165, 1.54) is 0 Å². The Bertz CT molecular complexity index is 486. The molecule has 1 fully saturated rings. The summed E-state index contributed by atoms with van der Waals surface area (Å²) in [5, 5.41) is 7.45. The molecule has 0 unspecified atom stereocenters. The maximum absolute atomic E-state index is 6.16. The molecule has 1 aliphatic heterocycles. The fourth-order valence-corrected chi connectivity index (χ4v) is 2.40. The molecule has 0 atom stereocenters. The lowest BCUT2D eigenvalue weighted by molar-refractivity contribution is -0.0945. The molecular weight excluding hydrogens is 286 g/mol. The summed E-state index contributed by atoms with van der Waals surface area (Å²) in [5.74, 6) is 0.859. The van der Waals surface area contributed by atoms with Crippen LogP contribution >= 0.6 is 11.6 Å². The summed E-state index contributed by atoms with van der Waals surface area (Å²) in [5.41, 5.74) is 1.35. The van der Waals surface area contributed by atoms with Gasteiger partial charge in [0.2, 0.25) is 0 Å². The average Bonchev–Trinajstić information content (AvgIpc) is 2.45. The van der Waals surface area contributed by atoms with Crippen molar-refractivity contribution in [1.82, 2.24) is 10.6 Å². The Balaban J connectivity index is 1.82. The van der Waals surface area contributed by atoms with Crippen molar-refractivity contribution in [3.8, 4) is 0 Å². The molecule has 1 aliphatic rings. The fraction of sp³-hybridized carbons (Fsp3) is 0.562. The zero-order valence-electron chi connectivity index (χ0n) is 12.8. The minimum absolute atomic E-state index is 0.199. The summed E-state index contributed by atoms with van der Waals surface area (Å²) < 4.78 is 5.26. The van der Waals surface area contributed by atoms with E-state index in [1.54, 1.807) is 0 Å². The number of halogens is 1. The van der Waals surface area contributed by atoms with E-state index < -0.39 is 0 Å². The van der Waals surface area contributed by atoms with Crippen molar-refractivity contribution < 1.29 is 4.74 Å². The number of nitrogens with one attached hydrogen (secondary N) is 2. The highest BCUT2D eigenvalue weighted by Gasteiger charge is 2.33. The van der Waals surface area contributed by atoms with E-state index in [0.29, 0.717) is 0 Å². The van der Waals surface area contributed by atoms with Crippen LogP contribution in [0, 0.1) is 5.41 Å². The monoisotopic (exact) mass is 309 g/mol. The Labute approximate surface area is 131 Å². The van der Waals surface area contributed by atoms with Gasteiger partial charge in [-0.25, -0.2) is 0 Å². The molecule has 2 rings (SSSR count). The highest BCUT2D eigenvalue weighted by atomic mass is 35.5. The number of hydrogen-bond donors (Lipinski definition) is 2. The van der Waals surface area contributed by atoms with E-state index >= 15 is 0 Å².